The Morgan fingerprint density at radius 2 is 1.83 bits per heavy atom. The monoisotopic (exact) mass is 245 g/mol. The van der Waals surface area contributed by atoms with Crippen molar-refractivity contribution in [2.45, 2.75) is 32.3 Å². The van der Waals surface area contributed by atoms with E-state index in [1.807, 2.05) is 38.1 Å². The molecule has 0 aliphatic carbocycles. The standard InChI is InChI=1S/C15H19NO2/c1-14(2)13(17)11-5-3-4-6-12(11)18-15(14)7-9-16-10-8-15/h3-6,16H,7-10H2,1-2H3. The van der Waals surface area contributed by atoms with Gasteiger partial charge in [-0.1, -0.05) is 12.1 Å². The molecule has 2 aliphatic heterocycles. The highest BCUT2D eigenvalue weighted by molar-refractivity contribution is 6.04. The van der Waals surface area contributed by atoms with E-state index >= 15 is 0 Å². The normalized spacial score (nSPS) is 24.4. The van der Waals surface area contributed by atoms with Gasteiger partial charge < -0.3 is 10.1 Å². The Hall–Kier alpha value is -1.35. The lowest BCUT2D eigenvalue weighted by Gasteiger charge is -2.51. The van der Waals surface area contributed by atoms with Gasteiger partial charge in [0.15, 0.2) is 5.78 Å². The third-order valence-corrected chi connectivity index (χ3v) is 4.55. The van der Waals surface area contributed by atoms with Crippen molar-refractivity contribution in [1.82, 2.24) is 5.32 Å². The smallest absolute Gasteiger partial charge is 0.176 e. The van der Waals surface area contributed by atoms with E-state index in [0.717, 1.165) is 37.2 Å². The summed E-state index contributed by atoms with van der Waals surface area (Å²) in [6, 6.07) is 7.61. The SMILES string of the molecule is CC1(C)C(=O)c2ccccc2OC12CCNCC2. The fourth-order valence-corrected chi connectivity index (χ4v) is 3.18. The number of Topliss-reactive ketones (excluding diaryl/α,β-unsaturated/α-hetero) is 1. The second-order valence-corrected chi connectivity index (χ2v) is 5.80. The van der Waals surface area contributed by atoms with Gasteiger partial charge in [-0.05, 0) is 39.1 Å². The van der Waals surface area contributed by atoms with Crippen LogP contribution < -0.4 is 10.1 Å². The van der Waals surface area contributed by atoms with E-state index in [2.05, 4.69) is 5.32 Å². The van der Waals surface area contributed by atoms with Gasteiger partial charge in [0, 0.05) is 12.8 Å². The quantitative estimate of drug-likeness (QED) is 0.763. The first-order chi connectivity index (χ1) is 8.57. The Labute approximate surface area is 108 Å². The molecule has 0 aromatic heterocycles. The number of benzene rings is 1. The Kier molecular flexibility index (Phi) is 2.49. The van der Waals surface area contributed by atoms with Gasteiger partial charge in [0.25, 0.3) is 0 Å². The zero-order valence-electron chi connectivity index (χ0n) is 11.0. The topological polar surface area (TPSA) is 38.3 Å². The molecule has 96 valence electrons. The molecular formula is C15H19NO2. The molecule has 2 heterocycles. The summed E-state index contributed by atoms with van der Waals surface area (Å²) in [5.74, 6) is 0.968. The van der Waals surface area contributed by atoms with Crippen molar-refractivity contribution in [3.63, 3.8) is 0 Å². The maximum atomic E-state index is 12.7. The van der Waals surface area contributed by atoms with Gasteiger partial charge in [-0.15, -0.1) is 0 Å². The summed E-state index contributed by atoms with van der Waals surface area (Å²) in [4.78, 5) is 12.7. The van der Waals surface area contributed by atoms with E-state index in [0.29, 0.717) is 0 Å². The number of carbonyl (C=O) groups is 1. The van der Waals surface area contributed by atoms with E-state index in [-0.39, 0.29) is 11.4 Å². The highest BCUT2D eigenvalue weighted by Crippen LogP contribution is 2.48. The molecule has 0 saturated carbocycles. The van der Waals surface area contributed by atoms with Gasteiger partial charge in [0.05, 0.1) is 11.0 Å². The zero-order valence-corrected chi connectivity index (χ0v) is 11.0. The molecule has 0 atom stereocenters. The molecule has 3 nitrogen and oxygen atoms in total. The number of carbonyl (C=O) groups excluding carboxylic acids is 1. The fourth-order valence-electron chi connectivity index (χ4n) is 3.18. The average Bonchev–Trinajstić information content (AvgIpc) is 2.38. The predicted octanol–water partition coefficient (Wildman–Crippen LogP) is 2.41. The van der Waals surface area contributed by atoms with Crippen molar-refractivity contribution < 1.29 is 9.53 Å². The Bertz CT molecular complexity index is 487. The number of nitrogens with one attached hydrogen (secondary N) is 1. The Morgan fingerprint density at radius 3 is 2.56 bits per heavy atom. The third-order valence-electron chi connectivity index (χ3n) is 4.55. The van der Waals surface area contributed by atoms with Crippen LogP contribution in [0.15, 0.2) is 24.3 Å². The maximum Gasteiger partial charge on any atom is 0.176 e. The summed E-state index contributed by atoms with van der Waals surface area (Å²) in [6.45, 7) is 5.88. The lowest BCUT2D eigenvalue weighted by Crippen LogP contribution is -2.60. The van der Waals surface area contributed by atoms with Gasteiger partial charge in [-0.3, -0.25) is 4.79 Å². The number of ether oxygens (including phenoxy) is 1. The van der Waals surface area contributed by atoms with Crippen molar-refractivity contribution >= 4 is 5.78 Å². The molecule has 2 aliphatic rings. The summed E-state index contributed by atoms with van der Waals surface area (Å²) >= 11 is 0. The molecule has 0 radical (unpaired) electrons. The number of ketones is 1. The summed E-state index contributed by atoms with van der Waals surface area (Å²) in [5.41, 5.74) is -0.0701. The summed E-state index contributed by atoms with van der Waals surface area (Å²) in [6.07, 6.45) is 1.78. The second-order valence-electron chi connectivity index (χ2n) is 5.80. The van der Waals surface area contributed by atoms with Crippen LogP contribution in [0.4, 0.5) is 0 Å². The molecule has 1 aromatic rings. The van der Waals surface area contributed by atoms with Gasteiger partial charge in [-0.2, -0.15) is 0 Å². The van der Waals surface area contributed by atoms with Crippen LogP contribution in [-0.4, -0.2) is 24.5 Å². The van der Waals surface area contributed by atoms with Crippen LogP contribution in [0.1, 0.15) is 37.0 Å². The molecule has 1 spiro atoms. The minimum absolute atomic E-state index is 0.214. The lowest BCUT2D eigenvalue weighted by atomic mass is 9.64. The minimum Gasteiger partial charge on any atom is -0.485 e. The largest absolute Gasteiger partial charge is 0.485 e. The predicted molar refractivity (Wildman–Crippen MR) is 70.0 cm³/mol. The molecule has 18 heavy (non-hydrogen) atoms. The highest BCUT2D eigenvalue weighted by Gasteiger charge is 2.55. The number of fused-ring (bicyclic) bond motifs is 1. The third kappa shape index (κ3) is 1.43. The van der Waals surface area contributed by atoms with Crippen LogP contribution in [0.5, 0.6) is 5.75 Å². The van der Waals surface area contributed by atoms with Gasteiger partial charge in [-0.25, -0.2) is 0 Å². The number of hydrogen-bond acceptors (Lipinski definition) is 3. The highest BCUT2D eigenvalue weighted by atomic mass is 16.5. The van der Waals surface area contributed by atoms with Crippen LogP contribution in [0, 0.1) is 5.41 Å². The van der Waals surface area contributed by atoms with Crippen molar-refractivity contribution in [3.8, 4) is 5.75 Å². The van der Waals surface area contributed by atoms with E-state index in [1.165, 1.54) is 0 Å². The summed E-state index contributed by atoms with van der Waals surface area (Å²) in [7, 11) is 0. The number of hydrogen-bond donors (Lipinski definition) is 1. The average molecular weight is 245 g/mol. The van der Waals surface area contributed by atoms with E-state index in [4.69, 9.17) is 4.74 Å². The van der Waals surface area contributed by atoms with Crippen molar-refractivity contribution in [2.75, 3.05) is 13.1 Å². The molecule has 1 aromatic carbocycles. The van der Waals surface area contributed by atoms with Crippen LogP contribution in [-0.2, 0) is 0 Å². The first kappa shape index (κ1) is 11.7. The van der Waals surface area contributed by atoms with Crippen LogP contribution >= 0.6 is 0 Å². The molecule has 3 rings (SSSR count). The summed E-state index contributed by atoms with van der Waals surface area (Å²) < 4.78 is 6.29. The molecule has 3 heteroatoms. The Balaban J connectivity index is 2.11. The van der Waals surface area contributed by atoms with Crippen LogP contribution in [0.25, 0.3) is 0 Å². The fraction of sp³-hybridized carbons (Fsp3) is 0.533. The molecular weight excluding hydrogens is 226 g/mol. The second kappa shape index (κ2) is 3.82. The lowest BCUT2D eigenvalue weighted by molar-refractivity contribution is -0.0582. The van der Waals surface area contributed by atoms with Crippen molar-refractivity contribution in [1.29, 1.82) is 0 Å². The minimum atomic E-state index is -0.455. The van der Waals surface area contributed by atoms with Crippen LogP contribution in [0.3, 0.4) is 0 Å². The van der Waals surface area contributed by atoms with E-state index < -0.39 is 5.41 Å². The van der Waals surface area contributed by atoms with Gasteiger partial charge >= 0.3 is 0 Å². The molecule has 1 saturated heterocycles. The maximum absolute atomic E-state index is 12.7. The van der Waals surface area contributed by atoms with Gasteiger partial charge in [0.1, 0.15) is 11.4 Å². The van der Waals surface area contributed by atoms with Crippen molar-refractivity contribution in [2.24, 2.45) is 5.41 Å². The molecule has 1 N–H and O–H groups in total. The molecule has 1 fully saturated rings. The zero-order chi connectivity index (χ0) is 12.8. The molecule has 0 amide bonds. The van der Waals surface area contributed by atoms with E-state index in [1.54, 1.807) is 0 Å². The number of rotatable bonds is 0. The first-order valence-electron chi connectivity index (χ1n) is 6.60. The molecule has 0 bridgehead atoms. The van der Waals surface area contributed by atoms with Crippen molar-refractivity contribution in [3.05, 3.63) is 29.8 Å². The summed E-state index contributed by atoms with van der Waals surface area (Å²) in [5, 5.41) is 3.34. The first-order valence-corrected chi connectivity index (χ1v) is 6.60. The van der Waals surface area contributed by atoms with Crippen LogP contribution in [0.2, 0.25) is 0 Å². The molecule has 0 unspecified atom stereocenters. The van der Waals surface area contributed by atoms with Gasteiger partial charge in [0.2, 0.25) is 0 Å². The Morgan fingerprint density at radius 1 is 1.17 bits per heavy atom. The van der Waals surface area contributed by atoms with E-state index in [9.17, 15) is 4.79 Å². The number of piperidine rings is 1. The number of para-hydroxylation sites is 1.